The van der Waals surface area contributed by atoms with Gasteiger partial charge in [0.25, 0.3) is 0 Å². The van der Waals surface area contributed by atoms with Gasteiger partial charge in [-0.25, -0.2) is 0 Å². The summed E-state index contributed by atoms with van der Waals surface area (Å²) in [6.45, 7) is 2.90. The lowest BCUT2D eigenvalue weighted by Gasteiger charge is -2.19. The predicted octanol–water partition coefficient (Wildman–Crippen LogP) is 3.48. The number of hydrogen-bond donors (Lipinski definition) is 1. The van der Waals surface area contributed by atoms with Crippen LogP contribution < -0.4 is 0 Å². The van der Waals surface area contributed by atoms with Crippen LogP contribution in [-0.4, -0.2) is 23.3 Å². The molecule has 2 aromatic rings. The van der Waals surface area contributed by atoms with Crippen LogP contribution in [0.15, 0.2) is 36.4 Å². The largest absolute Gasteiger partial charge is 0.507 e. The zero-order valence-electron chi connectivity index (χ0n) is 13.0. The van der Waals surface area contributed by atoms with Crippen LogP contribution >= 0.6 is 0 Å². The molecular weight excluding hydrogens is 292 g/mol. The van der Waals surface area contributed by atoms with Crippen LogP contribution in [-0.2, 0) is 11.3 Å². The molecule has 0 saturated heterocycles. The number of phenolic OH excluding ortho intramolecular Hbond substituents is 1. The highest BCUT2D eigenvalue weighted by atomic mass is 16.5. The van der Waals surface area contributed by atoms with Gasteiger partial charge in [-0.2, -0.15) is 0 Å². The van der Waals surface area contributed by atoms with E-state index in [2.05, 4.69) is 6.92 Å². The molecule has 2 aromatic carbocycles. The van der Waals surface area contributed by atoms with Crippen molar-refractivity contribution in [2.24, 2.45) is 0 Å². The van der Waals surface area contributed by atoms with Crippen molar-refractivity contribution in [1.82, 2.24) is 0 Å². The second-order valence-electron chi connectivity index (χ2n) is 5.61. The first-order valence-corrected chi connectivity index (χ1v) is 7.76. The van der Waals surface area contributed by atoms with E-state index in [9.17, 15) is 14.7 Å². The molecule has 0 bridgehead atoms. The topological polar surface area (TPSA) is 63.6 Å². The van der Waals surface area contributed by atoms with Gasteiger partial charge in [-0.1, -0.05) is 43.7 Å². The van der Waals surface area contributed by atoms with E-state index < -0.39 is 0 Å². The van der Waals surface area contributed by atoms with Crippen LogP contribution in [0.4, 0.5) is 0 Å². The summed E-state index contributed by atoms with van der Waals surface area (Å²) in [4.78, 5) is 25.2. The number of hydrogen-bond acceptors (Lipinski definition) is 4. The van der Waals surface area contributed by atoms with Crippen molar-refractivity contribution in [3.05, 3.63) is 64.2 Å². The summed E-state index contributed by atoms with van der Waals surface area (Å²) in [7, 11) is 0. The van der Waals surface area contributed by atoms with Gasteiger partial charge in [0.2, 0.25) is 0 Å². The minimum absolute atomic E-state index is 0.0882. The maximum absolute atomic E-state index is 12.6. The van der Waals surface area contributed by atoms with Gasteiger partial charge < -0.3 is 9.84 Å². The van der Waals surface area contributed by atoms with Crippen molar-refractivity contribution in [1.29, 1.82) is 0 Å². The van der Waals surface area contributed by atoms with Gasteiger partial charge in [0.1, 0.15) is 5.75 Å². The molecule has 118 valence electrons. The van der Waals surface area contributed by atoms with E-state index in [4.69, 9.17) is 4.74 Å². The Hall–Kier alpha value is -2.46. The molecule has 0 spiro atoms. The number of ether oxygens (including phenoxy) is 1. The van der Waals surface area contributed by atoms with Crippen molar-refractivity contribution in [2.45, 2.75) is 26.4 Å². The average molecular weight is 310 g/mol. The van der Waals surface area contributed by atoms with Crippen molar-refractivity contribution in [3.8, 4) is 5.75 Å². The summed E-state index contributed by atoms with van der Waals surface area (Å²) in [5.74, 6) is -0.695. The first kappa shape index (κ1) is 15.4. The molecule has 1 N–H and O–H groups in total. The molecule has 0 aromatic heterocycles. The molecule has 0 unspecified atom stereocenters. The summed E-state index contributed by atoms with van der Waals surface area (Å²) < 4.78 is 5.51. The normalized spacial score (nSPS) is 12.9. The highest BCUT2D eigenvalue weighted by Crippen LogP contribution is 2.35. The predicted molar refractivity (Wildman–Crippen MR) is 86.0 cm³/mol. The van der Waals surface area contributed by atoms with Crippen molar-refractivity contribution < 1.29 is 19.4 Å². The lowest BCUT2D eigenvalue weighted by atomic mass is 9.83. The third kappa shape index (κ3) is 2.66. The number of carbonyl (C=O) groups is 2. The smallest absolute Gasteiger partial charge is 0.198 e. The quantitative estimate of drug-likeness (QED) is 0.733. The number of phenols is 1. The molecule has 0 saturated carbocycles. The Bertz CT molecular complexity index is 777. The molecule has 0 atom stereocenters. The third-order valence-electron chi connectivity index (χ3n) is 4.05. The van der Waals surface area contributed by atoms with Crippen molar-refractivity contribution in [2.75, 3.05) is 6.61 Å². The summed E-state index contributed by atoms with van der Waals surface area (Å²) in [6.07, 6.45) is 1.97. The van der Waals surface area contributed by atoms with Gasteiger partial charge in [0.05, 0.1) is 12.2 Å². The Morgan fingerprint density at radius 2 is 1.65 bits per heavy atom. The van der Waals surface area contributed by atoms with Gasteiger partial charge in [0.15, 0.2) is 11.6 Å². The highest BCUT2D eigenvalue weighted by Gasteiger charge is 2.32. The molecule has 0 fully saturated rings. The second kappa shape index (κ2) is 6.34. The fourth-order valence-electron chi connectivity index (χ4n) is 2.76. The Morgan fingerprint density at radius 1 is 0.957 bits per heavy atom. The molecule has 0 radical (unpaired) electrons. The number of carbonyl (C=O) groups excluding carboxylic acids is 2. The summed E-state index contributed by atoms with van der Waals surface area (Å²) in [6, 6.07) is 9.94. The highest BCUT2D eigenvalue weighted by molar-refractivity contribution is 6.29. The van der Waals surface area contributed by atoms with E-state index in [1.54, 1.807) is 36.4 Å². The molecule has 23 heavy (non-hydrogen) atoms. The minimum Gasteiger partial charge on any atom is -0.507 e. The van der Waals surface area contributed by atoms with Crippen LogP contribution in [0.25, 0.3) is 0 Å². The summed E-state index contributed by atoms with van der Waals surface area (Å²) in [5, 5.41) is 10.5. The molecule has 4 nitrogen and oxygen atoms in total. The van der Waals surface area contributed by atoms with Gasteiger partial charge in [-0.15, -0.1) is 0 Å². The van der Waals surface area contributed by atoms with Crippen molar-refractivity contribution in [3.63, 3.8) is 0 Å². The van der Waals surface area contributed by atoms with E-state index in [0.29, 0.717) is 23.3 Å². The zero-order chi connectivity index (χ0) is 16.4. The van der Waals surface area contributed by atoms with Crippen LogP contribution in [0.5, 0.6) is 5.75 Å². The Morgan fingerprint density at radius 3 is 2.35 bits per heavy atom. The van der Waals surface area contributed by atoms with Gasteiger partial charge in [0, 0.05) is 28.9 Å². The summed E-state index contributed by atoms with van der Waals surface area (Å²) in [5.41, 5.74) is 1.59. The maximum atomic E-state index is 12.6. The zero-order valence-corrected chi connectivity index (χ0v) is 13.0. The van der Waals surface area contributed by atoms with Crippen LogP contribution in [0.1, 0.15) is 57.2 Å². The standard InChI is InChI=1S/C19H18O4/c1-2-3-10-23-11-12-8-9-15-16(17(12)20)19(22)14-7-5-4-6-13(14)18(15)21/h4-9,20H,2-3,10-11H2,1H3. The van der Waals surface area contributed by atoms with Crippen LogP contribution in [0.3, 0.4) is 0 Å². The molecule has 0 amide bonds. The van der Waals surface area contributed by atoms with Crippen LogP contribution in [0.2, 0.25) is 0 Å². The monoisotopic (exact) mass is 310 g/mol. The summed E-state index contributed by atoms with van der Waals surface area (Å²) >= 11 is 0. The van der Waals surface area contributed by atoms with Gasteiger partial charge in [-0.3, -0.25) is 9.59 Å². The number of aromatic hydroxyl groups is 1. The van der Waals surface area contributed by atoms with E-state index in [0.717, 1.165) is 12.8 Å². The van der Waals surface area contributed by atoms with Gasteiger partial charge >= 0.3 is 0 Å². The number of unbranched alkanes of at least 4 members (excludes halogenated alkanes) is 1. The second-order valence-corrected chi connectivity index (χ2v) is 5.61. The molecule has 1 aliphatic rings. The SMILES string of the molecule is CCCCOCc1ccc2c(c1O)C(=O)c1ccccc1C2=O. The van der Waals surface area contributed by atoms with Crippen molar-refractivity contribution >= 4 is 11.6 Å². The Balaban J connectivity index is 1.98. The fourth-order valence-corrected chi connectivity index (χ4v) is 2.76. The van der Waals surface area contributed by atoms with E-state index >= 15 is 0 Å². The number of benzene rings is 2. The van der Waals surface area contributed by atoms with Gasteiger partial charge in [-0.05, 0) is 12.5 Å². The molecule has 4 heteroatoms. The third-order valence-corrected chi connectivity index (χ3v) is 4.05. The lowest BCUT2D eigenvalue weighted by molar-refractivity contribution is 0.0973. The average Bonchev–Trinajstić information content (AvgIpc) is 2.57. The molecule has 0 heterocycles. The lowest BCUT2D eigenvalue weighted by Crippen LogP contribution is -2.21. The number of ketones is 2. The Kier molecular flexibility index (Phi) is 4.26. The Labute approximate surface area is 134 Å². The number of fused-ring (bicyclic) bond motifs is 2. The molecular formula is C19H18O4. The van der Waals surface area contributed by atoms with E-state index in [1.807, 2.05) is 0 Å². The fraction of sp³-hybridized carbons (Fsp3) is 0.263. The maximum Gasteiger partial charge on any atom is 0.198 e. The molecule has 1 aliphatic carbocycles. The van der Waals surface area contributed by atoms with E-state index in [-0.39, 0.29) is 35.0 Å². The van der Waals surface area contributed by atoms with E-state index in [1.165, 1.54) is 0 Å². The number of rotatable bonds is 5. The minimum atomic E-state index is -0.317. The van der Waals surface area contributed by atoms with Crippen LogP contribution in [0, 0.1) is 0 Å². The first-order chi connectivity index (χ1) is 11.1. The molecule has 3 rings (SSSR count). The molecule has 0 aliphatic heterocycles. The first-order valence-electron chi connectivity index (χ1n) is 7.76.